The maximum absolute atomic E-state index is 12.6. The maximum Gasteiger partial charge on any atom is 0.409 e. The molecule has 142 valence electrons. The summed E-state index contributed by atoms with van der Waals surface area (Å²) >= 11 is 0. The number of nitrogens with zero attached hydrogens (tertiary/aromatic N) is 5. The third kappa shape index (κ3) is 4.23. The highest BCUT2D eigenvalue weighted by Gasteiger charge is 2.25. The molecule has 1 aromatic rings. The molecular formula is C18H27N5O3. The van der Waals surface area contributed by atoms with Gasteiger partial charge in [0, 0.05) is 39.3 Å². The van der Waals surface area contributed by atoms with Gasteiger partial charge in [-0.05, 0) is 37.8 Å². The van der Waals surface area contributed by atoms with Crippen LogP contribution in [0, 0.1) is 5.92 Å². The number of aromatic nitrogens is 2. The molecule has 2 saturated heterocycles. The van der Waals surface area contributed by atoms with Gasteiger partial charge in [-0.2, -0.15) is 0 Å². The van der Waals surface area contributed by atoms with Crippen LogP contribution in [0.5, 0.6) is 0 Å². The van der Waals surface area contributed by atoms with Crippen molar-refractivity contribution in [3.05, 3.63) is 17.8 Å². The molecule has 2 aliphatic heterocycles. The van der Waals surface area contributed by atoms with E-state index in [9.17, 15) is 9.59 Å². The second kappa shape index (κ2) is 8.33. The molecule has 0 saturated carbocycles. The largest absolute Gasteiger partial charge is 0.450 e. The summed E-state index contributed by atoms with van der Waals surface area (Å²) in [6, 6.07) is 3.59. The lowest BCUT2D eigenvalue weighted by Gasteiger charge is -2.34. The highest BCUT2D eigenvalue weighted by atomic mass is 16.6. The normalized spacial score (nSPS) is 20.8. The molecule has 0 spiro atoms. The molecule has 26 heavy (non-hydrogen) atoms. The van der Waals surface area contributed by atoms with E-state index in [1.54, 1.807) is 17.9 Å². The van der Waals surface area contributed by atoms with Gasteiger partial charge in [-0.15, -0.1) is 10.2 Å². The molecule has 0 aromatic carbocycles. The zero-order chi connectivity index (χ0) is 18.5. The molecular weight excluding hydrogens is 334 g/mol. The summed E-state index contributed by atoms with van der Waals surface area (Å²) in [6.45, 7) is 8.46. The van der Waals surface area contributed by atoms with Crippen LogP contribution in [-0.4, -0.2) is 77.9 Å². The third-order valence-corrected chi connectivity index (χ3v) is 4.94. The van der Waals surface area contributed by atoms with Crippen LogP contribution in [0.3, 0.4) is 0 Å². The minimum atomic E-state index is -0.269. The Balaban J connectivity index is 1.56. The smallest absolute Gasteiger partial charge is 0.409 e. The number of hydrogen-bond acceptors (Lipinski definition) is 6. The minimum absolute atomic E-state index is 0.0391. The van der Waals surface area contributed by atoms with Gasteiger partial charge in [0.05, 0.1) is 6.61 Å². The first kappa shape index (κ1) is 18.4. The number of anilines is 1. The number of piperazine rings is 1. The van der Waals surface area contributed by atoms with E-state index in [4.69, 9.17) is 4.74 Å². The fourth-order valence-corrected chi connectivity index (χ4v) is 3.48. The van der Waals surface area contributed by atoms with E-state index < -0.39 is 0 Å². The predicted molar refractivity (Wildman–Crippen MR) is 97.1 cm³/mol. The van der Waals surface area contributed by atoms with Gasteiger partial charge in [0.1, 0.15) is 0 Å². The van der Waals surface area contributed by atoms with E-state index in [0.29, 0.717) is 44.4 Å². The van der Waals surface area contributed by atoms with E-state index in [2.05, 4.69) is 22.0 Å². The Morgan fingerprint density at radius 3 is 2.50 bits per heavy atom. The molecule has 1 unspecified atom stereocenters. The number of amides is 2. The number of rotatable bonds is 3. The number of ether oxygens (including phenoxy) is 1. The Hall–Kier alpha value is -2.38. The molecule has 0 radical (unpaired) electrons. The average Bonchev–Trinajstić information content (AvgIpc) is 2.68. The van der Waals surface area contributed by atoms with Crippen LogP contribution in [0.2, 0.25) is 0 Å². The molecule has 0 aliphatic carbocycles. The fraction of sp³-hybridized carbons (Fsp3) is 0.667. The molecule has 2 fully saturated rings. The van der Waals surface area contributed by atoms with Crippen LogP contribution in [0.15, 0.2) is 12.1 Å². The van der Waals surface area contributed by atoms with E-state index >= 15 is 0 Å². The van der Waals surface area contributed by atoms with Gasteiger partial charge in [0.15, 0.2) is 11.5 Å². The highest BCUT2D eigenvalue weighted by Crippen LogP contribution is 2.18. The monoisotopic (exact) mass is 361 g/mol. The molecule has 3 heterocycles. The molecule has 0 bridgehead atoms. The van der Waals surface area contributed by atoms with Gasteiger partial charge in [-0.1, -0.05) is 6.92 Å². The van der Waals surface area contributed by atoms with Crippen LogP contribution < -0.4 is 4.90 Å². The van der Waals surface area contributed by atoms with Crippen LogP contribution in [0.25, 0.3) is 0 Å². The lowest BCUT2D eigenvalue weighted by Crippen LogP contribution is -2.49. The van der Waals surface area contributed by atoms with Crippen molar-refractivity contribution in [2.75, 3.05) is 50.8 Å². The second-order valence-corrected chi connectivity index (χ2v) is 6.95. The molecule has 2 aliphatic rings. The van der Waals surface area contributed by atoms with Gasteiger partial charge in [-0.25, -0.2) is 4.79 Å². The Kier molecular flexibility index (Phi) is 5.90. The number of piperidine rings is 1. The Bertz CT molecular complexity index is 628. The maximum atomic E-state index is 12.6. The zero-order valence-corrected chi connectivity index (χ0v) is 15.6. The summed E-state index contributed by atoms with van der Waals surface area (Å²) in [5.41, 5.74) is 0.396. The van der Waals surface area contributed by atoms with Crippen molar-refractivity contribution in [2.24, 2.45) is 5.92 Å². The molecule has 8 nitrogen and oxygen atoms in total. The first-order valence-electron chi connectivity index (χ1n) is 9.38. The highest BCUT2D eigenvalue weighted by molar-refractivity contribution is 5.92. The summed E-state index contributed by atoms with van der Waals surface area (Å²) in [7, 11) is 0. The summed E-state index contributed by atoms with van der Waals surface area (Å²) in [5.74, 6) is 1.23. The summed E-state index contributed by atoms with van der Waals surface area (Å²) in [6.07, 6.45) is 1.95. The number of likely N-dealkylation sites (tertiary alicyclic amines) is 1. The van der Waals surface area contributed by atoms with Crippen molar-refractivity contribution in [3.8, 4) is 0 Å². The number of carbonyl (C=O) groups is 2. The molecule has 1 atom stereocenters. The number of carbonyl (C=O) groups excluding carboxylic acids is 2. The lowest BCUT2D eigenvalue weighted by atomic mass is 10.00. The lowest BCUT2D eigenvalue weighted by molar-refractivity contribution is 0.0675. The van der Waals surface area contributed by atoms with Gasteiger partial charge in [0.25, 0.3) is 5.91 Å². The number of hydrogen-bond donors (Lipinski definition) is 0. The average molecular weight is 361 g/mol. The Morgan fingerprint density at radius 1 is 1.12 bits per heavy atom. The minimum Gasteiger partial charge on any atom is -0.450 e. The molecule has 8 heteroatoms. The topological polar surface area (TPSA) is 78.9 Å². The van der Waals surface area contributed by atoms with E-state index in [0.717, 1.165) is 25.3 Å². The van der Waals surface area contributed by atoms with Gasteiger partial charge in [0.2, 0.25) is 0 Å². The van der Waals surface area contributed by atoms with E-state index in [1.807, 2.05) is 11.0 Å². The standard InChI is InChI=1S/C18H27N5O3/c1-3-26-18(25)22-11-9-21(10-12-22)16-7-6-15(19-20-16)17(24)23-8-4-5-14(2)13-23/h6-7,14H,3-5,8-13H2,1-2H3. The summed E-state index contributed by atoms with van der Waals surface area (Å²) in [5, 5.41) is 8.39. The predicted octanol–water partition coefficient (Wildman–Crippen LogP) is 1.63. The molecule has 0 N–H and O–H groups in total. The molecule has 3 rings (SSSR count). The van der Waals surface area contributed by atoms with Crippen molar-refractivity contribution in [2.45, 2.75) is 26.7 Å². The van der Waals surface area contributed by atoms with Crippen molar-refractivity contribution in [1.82, 2.24) is 20.0 Å². The van der Waals surface area contributed by atoms with Gasteiger partial charge < -0.3 is 19.4 Å². The Labute approximate surface area is 154 Å². The zero-order valence-electron chi connectivity index (χ0n) is 15.6. The SMILES string of the molecule is CCOC(=O)N1CCN(c2ccc(C(=O)N3CCCC(C)C3)nn2)CC1. The first-order valence-corrected chi connectivity index (χ1v) is 9.38. The van der Waals surface area contributed by atoms with Crippen LogP contribution in [0.1, 0.15) is 37.2 Å². The summed E-state index contributed by atoms with van der Waals surface area (Å²) in [4.78, 5) is 30.0. The van der Waals surface area contributed by atoms with Crippen molar-refractivity contribution in [1.29, 1.82) is 0 Å². The van der Waals surface area contributed by atoms with Crippen LogP contribution in [-0.2, 0) is 4.74 Å². The fourth-order valence-electron chi connectivity index (χ4n) is 3.48. The van der Waals surface area contributed by atoms with Crippen LogP contribution >= 0.6 is 0 Å². The third-order valence-electron chi connectivity index (χ3n) is 4.94. The quantitative estimate of drug-likeness (QED) is 0.814. The molecule has 2 amide bonds. The van der Waals surface area contributed by atoms with Crippen molar-refractivity contribution < 1.29 is 14.3 Å². The van der Waals surface area contributed by atoms with E-state index in [-0.39, 0.29) is 12.0 Å². The van der Waals surface area contributed by atoms with E-state index in [1.165, 1.54) is 6.42 Å². The van der Waals surface area contributed by atoms with Gasteiger partial charge in [-0.3, -0.25) is 4.79 Å². The summed E-state index contributed by atoms with van der Waals surface area (Å²) < 4.78 is 5.03. The Morgan fingerprint density at radius 2 is 1.88 bits per heavy atom. The first-order chi connectivity index (χ1) is 12.6. The van der Waals surface area contributed by atoms with Gasteiger partial charge >= 0.3 is 6.09 Å². The van der Waals surface area contributed by atoms with Crippen molar-refractivity contribution >= 4 is 17.8 Å². The second-order valence-electron chi connectivity index (χ2n) is 6.95. The van der Waals surface area contributed by atoms with Crippen LogP contribution in [0.4, 0.5) is 10.6 Å². The van der Waals surface area contributed by atoms with Crippen molar-refractivity contribution in [3.63, 3.8) is 0 Å². The molecule has 1 aromatic heterocycles.